The van der Waals surface area contributed by atoms with Crippen molar-refractivity contribution in [3.05, 3.63) is 83.9 Å². The second kappa shape index (κ2) is 8.27. The zero-order valence-corrected chi connectivity index (χ0v) is 17.5. The van der Waals surface area contributed by atoms with Crippen LogP contribution in [0, 0.1) is 5.82 Å². The molecule has 0 fully saturated rings. The molecular formula is C22H18FN7S. The first-order valence-electron chi connectivity index (χ1n) is 9.84. The summed E-state index contributed by atoms with van der Waals surface area (Å²) in [5.74, 6) is 0.888. The number of benzene rings is 2. The largest absolute Gasteiger partial charge is 0.306 e. The Morgan fingerprint density at radius 3 is 2.48 bits per heavy atom. The fourth-order valence-corrected chi connectivity index (χ4v) is 4.22. The monoisotopic (exact) mass is 431 g/mol. The van der Waals surface area contributed by atoms with E-state index in [4.69, 9.17) is 0 Å². The molecule has 0 N–H and O–H groups in total. The van der Waals surface area contributed by atoms with Crippen LogP contribution in [-0.2, 0) is 13.0 Å². The van der Waals surface area contributed by atoms with Gasteiger partial charge in [0.25, 0.3) is 0 Å². The smallest absolute Gasteiger partial charge is 0.197 e. The van der Waals surface area contributed by atoms with Gasteiger partial charge in [0.1, 0.15) is 16.7 Å². The highest BCUT2D eigenvalue weighted by Crippen LogP contribution is 2.27. The predicted molar refractivity (Wildman–Crippen MR) is 115 cm³/mol. The van der Waals surface area contributed by atoms with E-state index in [1.807, 2.05) is 30.3 Å². The zero-order chi connectivity index (χ0) is 21.2. The molecule has 9 heteroatoms. The van der Waals surface area contributed by atoms with Crippen LogP contribution in [-0.4, -0.2) is 34.6 Å². The van der Waals surface area contributed by atoms with Gasteiger partial charge in [0, 0.05) is 13.0 Å². The minimum atomic E-state index is -0.368. The first-order chi connectivity index (χ1) is 15.2. The highest BCUT2D eigenvalue weighted by molar-refractivity contribution is 7.99. The van der Waals surface area contributed by atoms with Crippen LogP contribution in [0.25, 0.3) is 17.0 Å². The van der Waals surface area contributed by atoms with Crippen LogP contribution in [0.3, 0.4) is 0 Å². The molecule has 0 bridgehead atoms. The Morgan fingerprint density at radius 2 is 1.68 bits per heavy atom. The lowest BCUT2D eigenvalue weighted by molar-refractivity contribution is 0.628. The van der Waals surface area contributed by atoms with E-state index in [1.54, 1.807) is 22.7 Å². The summed E-state index contributed by atoms with van der Waals surface area (Å²) >= 11 is 1.40. The summed E-state index contributed by atoms with van der Waals surface area (Å²) in [7, 11) is 0. The van der Waals surface area contributed by atoms with Crippen LogP contribution in [0.1, 0.15) is 18.3 Å². The summed E-state index contributed by atoms with van der Waals surface area (Å²) in [5, 5.41) is 23.1. The Bertz CT molecular complexity index is 1350. The van der Waals surface area contributed by atoms with E-state index in [2.05, 4.69) is 49.1 Å². The zero-order valence-electron chi connectivity index (χ0n) is 16.7. The van der Waals surface area contributed by atoms with Crippen molar-refractivity contribution in [1.82, 2.24) is 34.6 Å². The molecular weight excluding hydrogens is 413 g/mol. The summed E-state index contributed by atoms with van der Waals surface area (Å²) in [5.41, 5.74) is 2.08. The van der Waals surface area contributed by atoms with Crippen molar-refractivity contribution in [2.75, 3.05) is 0 Å². The van der Waals surface area contributed by atoms with Gasteiger partial charge in [-0.25, -0.2) is 4.39 Å². The molecule has 0 saturated heterocycles. The summed E-state index contributed by atoms with van der Waals surface area (Å²) < 4.78 is 17.9. The number of aromatic nitrogens is 7. The average molecular weight is 432 g/mol. The Labute approximate surface area is 182 Å². The highest BCUT2D eigenvalue weighted by Gasteiger charge is 2.16. The lowest BCUT2D eigenvalue weighted by Crippen LogP contribution is -2.04. The van der Waals surface area contributed by atoms with Crippen LogP contribution in [0.4, 0.5) is 4.39 Å². The van der Waals surface area contributed by atoms with Gasteiger partial charge in [0.2, 0.25) is 0 Å². The molecule has 0 radical (unpaired) electrons. The molecule has 31 heavy (non-hydrogen) atoms. The van der Waals surface area contributed by atoms with Crippen molar-refractivity contribution < 1.29 is 4.39 Å². The first-order valence-corrected chi connectivity index (χ1v) is 10.7. The summed E-state index contributed by atoms with van der Waals surface area (Å²) in [4.78, 5) is 0. The van der Waals surface area contributed by atoms with E-state index in [-0.39, 0.29) is 5.82 Å². The van der Waals surface area contributed by atoms with Crippen molar-refractivity contribution in [3.63, 3.8) is 0 Å². The van der Waals surface area contributed by atoms with Gasteiger partial charge in [-0.2, -0.15) is 9.61 Å². The third-order valence-corrected chi connectivity index (χ3v) is 5.78. The van der Waals surface area contributed by atoms with Crippen LogP contribution < -0.4 is 0 Å². The number of rotatable bonds is 6. The van der Waals surface area contributed by atoms with Crippen molar-refractivity contribution in [1.29, 1.82) is 0 Å². The lowest BCUT2D eigenvalue weighted by atomic mass is 10.1. The van der Waals surface area contributed by atoms with Crippen LogP contribution >= 0.6 is 11.8 Å². The van der Waals surface area contributed by atoms with E-state index < -0.39 is 0 Å². The minimum Gasteiger partial charge on any atom is -0.306 e. The maximum atomic E-state index is 14.3. The van der Waals surface area contributed by atoms with Gasteiger partial charge in [0.15, 0.2) is 16.6 Å². The molecule has 2 aromatic carbocycles. The van der Waals surface area contributed by atoms with E-state index in [0.717, 1.165) is 17.5 Å². The maximum absolute atomic E-state index is 14.3. The van der Waals surface area contributed by atoms with Crippen molar-refractivity contribution in [2.45, 2.75) is 30.1 Å². The highest BCUT2D eigenvalue weighted by atomic mass is 32.2. The third kappa shape index (κ3) is 3.79. The number of hydrogen-bond acceptors (Lipinski definition) is 6. The second-order valence-corrected chi connectivity index (χ2v) is 7.84. The predicted octanol–water partition coefficient (Wildman–Crippen LogP) is 4.28. The van der Waals surface area contributed by atoms with Gasteiger partial charge >= 0.3 is 0 Å². The van der Waals surface area contributed by atoms with Crippen LogP contribution in [0.2, 0.25) is 0 Å². The van der Waals surface area contributed by atoms with Crippen LogP contribution in [0.15, 0.2) is 76.9 Å². The van der Waals surface area contributed by atoms with Gasteiger partial charge in [-0.15, -0.1) is 20.4 Å². The van der Waals surface area contributed by atoms with Gasteiger partial charge in [0.05, 0.1) is 5.56 Å². The molecule has 0 saturated carbocycles. The summed E-state index contributed by atoms with van der Waals surface area (Å²) in [6, 6.07) is 20.3. The molecule has 5 aromatic rings. The molecule has 0 aliphatic rings. The standard InChI is InChI=1S/C22H18FN7S/c1-2-29-19(14-15-8-4-3-5-9-15)25-27-22(29)31-20-13-12-18-24-26-21(30(18)28-20)16-10-6-7-11-17(16)23/h3-13H,2,14H2,1H3. The average Bonchev–Trinajstić information content (AvgIpc) is 3.38. The molecule has 0 aliphatic carbocycles. The van der Waals surface area contributed by atoms with Gasteiger partial charge in [-0.1, -0.05) is 42.5 Å². The second-order valence-electron chi connectivity index (χ2n) is 6.85. The van der Waals surface area contributed by atoms with E-state index in [9.17, 15) is 4.39 Å². The molecule has 0 amide bonds. The molecule has 5 rings (SSSR count). The van der Waals surface area contributed by atoms with Crippen molar-refractivity contribution >= 4 is 17.4 Å². The third-order valence-electron chi connectivity index (χ3n) is 4.86. The number of fused-ring (bicyclic) bond motifs is 1. The molecule has 0 unspecified atom stereocenters. The van der Waals surface area contributed by atoms with E-state index in [1.165, 1.54) is 23.4 Å². The Morgan fingerprint density at radius 1 is 0.871 bits per heavy atom. The number of halogens is 1. The van der Waals surface area contributed by atoms with Crippen molar-refractivity contribution in [3.8, 4) is 11.4 Å². The van der Waals surface area contributed by atoms with E-state index in [0.29, 0.717) is 28.5 Å². The molecule has 7 nitrogen and oxygen atoms in total. The SMILES string of the molecule is CCn1c(Cc2ccccc2)nnc1Sc1ccc2nnc(-c3ccccc3F)n2n1. The quantitative estimate of drug-likeness (QED) is 0.399. The van der Waals surface area contributed by atoms with E-state index >= 15 is 0 Å². The fraction of sp³-hybridized carbons (Fsp3) is 0.136. The Hall–Kier alpha value is -3.59. The fourth-order valence-electron chi connectivity index (χ4n) is 3.35. The normalized spacial score (nSPS) is 11.3. The molecule has 3 heterocycles. The Kier molecular flexibility index (Phi) is 5.17. The van der Waals surface area contributed by atoms with Gasteiger partial charge in [-0.3, -0.25) is 0 Å². The Balaban J connectivity index is 1.47. The minimum absolute atomic E-state index is 0.353. The maximum Gasteiger partial charge on any atom is 0.197 e. The number of hydrogen-bond donors (Lipinski definition) is 0. The van der Waals surface area contributed by atoms with Gasteiger partial charge in [-0.05, 0) is 48.5 Å². The van der Waals surface area contributed by atoms with Crippen LogP contribution in [0.5, 0.6) is 0 Å². The molecule has 0 atom stereocenters. The summed E-state index contributed by atoms with van der Waals surface area (Å²) in [6.07, 6.45) is 0.706. The lowest BCUT2D eigenvalue weighted by Gasteiger charge is -2.07. The topological polar surface area (TPSA) is 73.8 Å². The number of nitrogens with zero attached hydrogens (tertiary/aromatic N) is 7. The van der Waals surface area contributed by atoms with Gasteiger partial charge < -0.3 is 4.57 Å². The first kappa shape index (κ1) is 19.4. The molecule has 0 spiro atoms. The molecule has 3 aromatic heterocycles. The molecule has 154 valence electrons. The van der Waals surface area contributed by atoms with Crippen molar-refractivity contribution in [2.24, 2.45) is 0 Å². The summed E-state index contributed by atoms with van der Waals surface area (Å²) in [6.45, 7) is 2.81. The molecule has 0 aliphatic heterocycles.